The standard InChI is InChI=1S/C25H23N3O3/c1-16-10-11-19(13-17(16)2)27-23-22(20-8-4-5-9-21(20)31-3)24(29)28(25(23)30)15-18-7-6-12-26-14-18/h4-14,27H,15H2,1-3H3. The zero-order valence-corrected chi connectivity index (χ0v) is 17.7. The number of nitrogens with zero attached hydrogens (tertiary/aromatic N) is 2. The van der Waals surface area contributed by atoms with Crippen molar-refractivity contribution in [3.63, 3.8) is 0 Å². The SMILES string of the molecule is COc1ccccc1C1=C(Nc2ccc(C)c(C)c2)C(=O)N(Cc2cccnc2)C1=O. The van der Waals surface area contributed by atoms with Crippen molar-refractivity contribution in [2.75, 3.05) is 12.4 Å². The molecule has 6 nitrogen and oxygen atoms in total. The van der Waals surface area contributed by atoms with Gasteiger partial charge in [-0.3, -0.25) is 19.5 Å². The van der Waals surface area contributed by atoms with Crippen LogP contribution in [0.3, 0.4) is 0 Å². The number of amides is 2. The molecule has 0 spiro atoms. The van der Waals surface area contributed by atoms with Gasteiger partial charge in [-0.05, 0) is 54.8 Å². The Morgan fingerprint density at radius 2 is 1.77 bits per heavy atom. The fourth-order valence-electron chi connectivity index (χ4n) is 3.57. The van der Waals surface area contributed by atoms with Gasteiger partial charge in [0.2, 0.25) is 0 Å². The van der Waals surface area contributed by atoms with Crippen molar-refractivity contribution in [2.24, 2.45) is 0 Å². The number of aromatic nitrogens is 1. The number of imide groups is 1. The smallest absolute Gasteiger partial charge is 0.278 e. The number of rotatable bonds is 6. The van der Waals surface area contributed by atoms with Gasteiger partial charge in [0.1, 0.15) is 11.4 Å². The minimum atomic E-state index is -0.381. The molecule has 1 N–H and O–H groups in total. The van der Waals surface area contributed by atoms with Gasteiger partial charge in [0.05, 0.1) is 19.2 Å². The number of anilines is 1. The fraction of sp³-hybridized carbons (Fsp3) is 0.160. The summed E-state index contributed by atoms with van der Waals surface area (Å²) in [7, 11) is 1.55. The lowest BCUT2D eigenvalue weighted by molar-refractivity contribution is -0.137. The largest absolute Gasteiger partial charge is 0.496 e. The highest BCUT2D eigenvalue weighted by atomic mass is 16.5. The molecule has 4 rings (SSSR count). The molecular formula is C25H23N3O3. The number of carbonyl (C=O) groups is 2. The molecule has 0 unspecified atom stereocenters. The first-order valence-electron chi connectivity index (χ1n) is 9.96. The molecule has 6 heteroatoms. The highest BCUT2D eigenvalue weighted by molar-refractivity contribution is 6.36. The van der Waals surface area contributed by atoms with Gasteiger partial charge in [-0.15, -0.1) is 0 Å². The van der Waals surface area contributed by atoms with Gasteiger partial charge >= 0.3 is 0 Å². The van der Waals surface area contributed by atoms with Gasteiger partial charge in [-0.2, -0.15) is 0 Å². The second-order valence-electron chi connectivity index (χ2n) is 7.43. The molecule has 2 aromatic carbocycles. The second kappa shape index (κ2) is 8.44. The van der Waals surface area contributed by atoms with Crippen molar-refractivity contribution in [1.82, 2.24) is 9.88 Å². The normalized spacial score (nSPS) is 13.7. The van der Waals surface area contributed by atoms with Crippen LogP contribution in [0.5, 0.6) is 5.75 Å². The van der Waals surface area contributed by atoms with Crippen LogP contribution in [0.25, 0.3) is 5.57 Å². The first kappa shape index (κ1) is 20.3. The molecule has 0 atom stereocenters. The maximum Gasteiger partial charge on any atom is 0.278 e. The summed E-state index contributed by atoms with van der Waals surface area (Å²) in [5.74, 6) is -0.223. The van der Waals surface area contributed by atoms with Gasteiger partial charge in [-0.25, -0.2) is 0 Å². The monoisotopic (exact) mass is 413 g/mol. The summed E-state index contributed by atoms with van der Waals surface area (Å²) in [5.41, 5.74) is 4.87. The number of pyridine rings is 1. The molecule has 3 aromatic rings. The lowest BCUT2D eigenvalue weighted by atomic mass is 10.0. The quantitative estimate of drug-likeness (QED) is 0.616. The summed E-state index contributed by atoms with van der Waals surface area (Å²) < 4.78 is 5.47. The summed E-state index contributed by atoms with van der Waals surface area (Å²) >= 11 is 0. The molecule has 1 aliphatic rings. The molecule has 0 fully saturated rings. The Balaban J connectivity index is 1.79. The number of ether oxygens (including phenoxy) is 1. The fourth-order valence-corrected chi connectivity index (χ4v) is 3.57. The van der Waals surface area contributed by atoms with E-state index in [9.17, 15) is 9.59 Å². The number of carbonyl (C=O) groups excluding carboxylic acids is 2. The molecule has 1 aromatic heterocycles. The van der Waals surface area contributed by atoms with Gasteiger partial charge < -0.3 is 10.1 Å². The van der Waals surface area contributed by atoms with E-state index in [0.29, 0.717) is 16.9 Å². The van der Waals surface area contributed by atoms with Crippen molar-refractivity contribution in [3.8, 4) is 5.75 Å². The topological polar surface area (TPSA) is 71.5 Å². The lowest BCUT2D eigenvalue weighted by Crippen LogP contribution is -2.32. The van der Waals surface area contributed by atoms with E-state index in [4.69, 9.17) is 4.74 Å². The Morgan fingerprint density at radius 3 is 2.48 bits per heavy atom. The number of para-hydroxylation sites is 1. The van der Waals surface area contributed by atoms with E-state index in [2.05, 4.69) is 10.3 Å². The van der Waals surface area contributed by atoms with E-state index >= 15 is 0 Å². The zero-order valence-electron chi connectivity index (χ0n) is 17.7. The highest BCUT2D eigenvalue weighted by Gasteiger charge is 2.40. The first-order chi connectivity index (χ1) is 15.0. The van der Waals surface area contributed by atoms with E-state index in [1.165, 1.54) is 4.90 Å². The van der Waals surface area contributed by atoms with Crippen LogP contribution >= 0.6 is 0 Å². The summed E-state index contributed by atoms with van der Waals surface area (Å²) in [6.45, 7) is 4.17. The molecule has 0 saturated carbocycles. The van der Waals surface area contributed by atoms with E-state index in [0.717, 1.165) is 22.4 Å². The Morgan fingerprint density at radius 1 is 0.968 bits per heavy atom. The minimum Gasteiger partial charge on any atom is -0.496 e. The lowest BCUT2D eigenvalue weighted by Gasteiger charge is -2.15. The zero-order chi connectivity index (χ0) is 22.0. The number of methoxy groups -OCH3 is 1. The third kappa shape index (κ3) is 3.92. The summed E-state index contributed by atoms with van der Waals surface area (Å²) in [5, 5.41) is 3.20. The van der Waals surface area contributed by atoms with E-state index in [1.54, 1.807) is 37.7 Å². The van der Waals surface area contributed by atoms with Crippen LogP contribution in [-0.4, -0.2) is 28.8 Å². The molecule has 0 saturated heterocycles. The molecule has 2 amide bonds. The van der Waals surface area contributed by atoms with Crippen LogP contribution in [0.4, 0.5) is 5.69 Å². The van der Waals surface area contributed by atoms with E-state index in [1.807, 2.05) is 50.2 Å². The van der Waals surface area contributed by atoms with Crippen LogP contribution in [0.2, 0.25) is 0 Å². The average Bonchev–Trinajstić information content (AvgIpc) is 3.01. The second-order valence-corrected chi connectivity index (χ2v) is 7.43. The third-order valence-electron chi connectivity index (χ3n) is 5.38. The van der Waals surface area contributed by atoms with Gasteiger partial charge in [0.15, 0.2) is 0 Å². The van der Waals surface area contributed by atoms with Gasteiger partial charge in [-0.1, -0.05) is 30.3 Å². The van der Waals surface area contributed by atoms with Crippen LogP contribution < -0.4 is 10.1 Å². The predicted molar refractivity (Wildman–Crippen MR) is 119 cm³/mol. The minimum absolute atomic E-state index is 0.141. The van der Waals surface area contributed by atoms with Crippen molar-refractivity contribution in [2.45, 2.75) is 20.4 Å². The summed E-state index contributed by atoms with van der Waals surface area (Å²) in [4.78, 5) is 32.2. The molecule has 156 valence electrons. The molecular weight excluding hydrogens is 390 g/mol. The Labute approximate surface area is 181 Å². The maximum atomic E-state index is 13.4. The van der Waals surface area contributed by atoms with Gasteiger partial charge in [0.25, 0.3) is 11.8 Å². The van der Waals surface area contributed by atoms with E-state index < -0.39 is 0 Å². The predicted octanol–water partition coefficient (Wildman–Crippen LogP) is 4.10. The number of hydrogen-bond acceptors (Lipinski definition) is 5. The molecule has 0 radical (unpaired) electrons. The first-order valence-corrected chi connectivity index (χ1v) is 9.96. The Bertz CT molecular complexity index is 1190. The summed E-state index contributed by atoms with van der Waals surface area (Å²) in [6.07, 6.45) is 3.31. The van der Waals surface area contributed by atoms with Crippen molar-refractivity contribution >= 4 is 23.1 Å². The third-order valence-corrected chi connectivity index (χ3v) is 5.38. The van der Waals surface area contributed by atoms with Crippen LogP contribution in [0.1, 0.15) is 22.3 Å². The molecule has 1 aliphatic heterocycles. The Kier molecular flexibility index (Phi) is 5.54. The number of hydrogen-bond donors (Lipinski definition) is 1. The van der Waals surface area contributed by atoms with Crippen LogP contribution in [-0.2, 0) is 16.1 Å². The summed E-state index contributed by atoms with van der Waals surface area (Å²) in [6, 6.07) is 16.7. The molecule has 31 heavy (non-hydrogen) atoms. The highest BCUT2D eigenvalue weighted by Crippen LogP contribution is 2.36. The Hall–Kier alpha value is -3.93. The number of aryl methyl sites for hydroxylation is 2. The average molecular weight is 413 g/mol. The number of benzene rings is 2. The number of nitrogens with one attached hydrogen (secondary N) is 1. The van der Waals surface area contributed by atoms with Crippen molar-refractivity contribution < 1.29 is 14.3 Å². The van der Waals surface area contributed by atoms with Crippen molar-refractivity contribution in [3.05, 3.63) is 94.9 Å². The van der Waals surface area contributed by atoms with E-state index in [-0.39, 0.29) is 24.1 Å². The molecule has 2 heterocycles. The van der Waals surface area contributed by atoms with Gasteiger partial charge in [0, 0.05) is 23.6 Å². The van der Waals surface area contributed by atoms with Crippen molar-refractivity contribution in [1.29, 1.82) is 0 Å². The molecule has 0 aliphatic carbocycles. The van der Waals surface area contributed by atoms with Crippen LogP contribution in [0.15, 0.2) is 72.7 Å². The van der Waals surface area contributed by atoms with Crippen LogP contribution in [0, 0.1) is 13.8 Å². The maximum absolute atomic E-state index is 13.4. The molecule has 0 bridgehead atoms.